The van der Waals surface area contributed by atoms with Gasteiger partial charge < -0.3 is 20.1 Å². The van der Waals surface area contributed by atoms with E-state index in [1.54, 1.807) is 14.2 Å². The first kappa shape index (κ1) is 23.7. The van der Waals surface area contributed by atoms with Gasteiger partial charge in [0, 0.05) is 26.6 Å². The molecular formula is C19H28ClIN6O2. The minimum Gasteiger partial charge on any atom is -0.487 e. The van der Waals surface area contributed by atoms with E-state index in [9.17, 15) is 0 Å². The smallest absolute Gasteiger partial charge is 0.191 e. The van der Waals surface area contributed by atoms with Gasteiger partial charge in [0.15, 0.2) is 11.8 Å². The summed E-state index contributed by atoms with van der Waals surface area (Å²) in [4.78, 5) is 8.82. The molecular weight excluding hydrogens is 507 g/mol. The van der Waals surface area contributed by atoms with Crippen molar-refractivity contribution in [2.75, 3.05) is 20.7 Å². The number of methoxy groups -OCH3 is 1. The number of rotatable bonds is 7. The van der Waals surface area contributed by atoms with Gasteiger partial charge in [0.25, 0.3) is 0 Å². The number of benzene rings is 1. The standard InChI is InChI=1S/C19H27ClN6O2.HI/c1-13(28-16-7-5-4-6-15(16)20)10-22-19(21-2)23-14-8-9-18-24-17(12-27-3)25-26(18)11-14;/h4-7,13-14H,8-12H2,1-3H3,(H2,21,22,23);1H. The van der Waals surface area contributed by atoms with E-state index in [2.05, 4.69) is 25.7 Å². The molecule has 1 aliphatic heterocycles. The van der Waals surface area contributed by atoms with Crippen molar-refractivity contribution in [3.63, 3.8) is 0 Å². The number of hydrogen-bond acceptors (Lipinski definition) is 5. The number of fused-ring (bicyclic) bond motifs is 1. The first-order valence-corrected chi connectivity index (χ1v) is 9.76. The number of para-hydroxylation sites is 1. The number of aryl methyl sites for hydroxylation is 1. The molecule has 0 saturated heterocycles. The van der Waals surface area contributed by atoms with E-state index in [-0.39, 0.29) is 36.1 Å². The third-order valence-corrected chi connectivity index (χ3v) is 4.77. The average Bonchev–Trinajstić information content (AvgIpc) is 3.09. The van der Waals surface area contributed by atoms with Crippen LogP contribution >= 0.6 is 35.6 Å². The van der Waals surface area contributed by atoms with Gasteiger partial charge in [-0.05, 0) is 25.5 Å². The number of ether oxygens (including phenoxy) is 2. The number of aromatic nitrogens is 3. The monoisotopic (exact) mass is 534 g/mol. The van der Waals surface area contributed by atoms with Gasteiger partial charge in [-0.15, -0.1) is 24.0 Å². The zero-order valence-electron chi connectivity index (χ0n) is 16.9. The van der Waals surface area contributed by atoms with E-state index >= 15 is 0 Å². The zero-order valence-corrected chi connectivity index (χ0v) is 20.0. The molecule has 0 fully saturated rings. The summed E-state index contributed by atoms with van der Waals surface area (Å²) in [5.41, 5.74) is 0. The Morgan fingerprint density at radius 1 is 1.41 bits per heavy atom. The van der Waals surface area contributed by atoms with Gasteiger partial charge in [0.05, 0.1) is 18.1 Å². The Kier molecular flexibility index (Phi) is 9.44. The van der Waals surface area contributed by atoms with E-state index in [1.165, 1.54) is 0 Å². The average molecular weight is 535 g/mol. The minimum absolute atomic E-state index is 0. The van der Waals surface area contributed by atoms with E-state index in [4.69, 9.17) is 21.1 Å². The molecule has 0 radical (unpaired) electrons. The molecule has 10 heteroatoms. The van der Waals surface area contributed by atoms with Crippen molar-refractivity contribution in [3.05, 3.63) is 40.9 Å². The van der Waals surface area contributed by atoms with Gasteiger partial charge in [0.1, 0.15) is 24.3 Å². The molecule has 2 N–H and O–H groups in total. The Hall–Kier alpha value is -1.59. The van der Waals surface area contributed by atoms with Crippen LogP contribution in [-0.4, -0.2) is 53.6 Å². The second kappa shape index (κ2) is 11.6. The van der Waals surface area contributed by atoms with Crippen LogP contribution in [-0.2, 0) is 24.3 Å². The molecule has 0 saturated carbocycles. The zero-order chi connectivity index (χ0) is 19.9. The van der Waals surface area contributed by atoms with Gasteiger partial charge in [-0.1, -0.05) is 23.7 Å². The normalized spacial score (nSPS) is 17.1. The predicted molar refractivity (Wildman–Crippen MR) is 124 cm³/mol. The number of halogens is 2. The van der Waals surface area contributed by atoms with E-state index in [0.29, 0.717) is 23.9 Å². The first-order chi connectivity index (χ1) is 13.6. The lowest BCUT2D eigenvalue weighted by Crippen LogP contribution is -2.48. The maximum absolute atomic E-state index is 6.15. The maximum Gasteiger partial charge on any atom is 0.191 e. The third-order valence-electron chi connectivity index (χ3n) is 4.46. The molecule has 1 aromatic carbocycles. The van der Waals surface area contributed by atoms with Crippen molar-refractivity contribution >= 4 is 41.5 Å². The summed E-state index contributed by atoms with van der Waals surface area (Å²) in [5.74, 6) is 3.15. The fraction of sp³-hybridized carbons (Fsp3) is 0.526. The maximum atomic E-state index is 6.15. The molecule has 0 aliphatic carbocycles. The summed E-state index contributed by atoms with van der Waals surface area (Å²) >= 11 is 6.15. The summed E-state index contributed by atoms with van der Waals surface area (Å²) in [6.45, 7) is 3.77. The summed E-state index contributed by atoms with van der Waals surface area (Å²) in [6, 6.07) is 7.70. The molecule has 0 bridgehead atoms. The Labute approximate surface area is 193 Å². The van der Waals surface area contributed by atoms with Crippen LogP contribution in [0.15, 0.2) is 29.3 Å². The lowest BCUT2D eigenvalue weighted by molar-refractivity contribution is 0.177. The van der Waals surface area contributed by atoms with Crippen molar-refractivity contribution in [1.29, 1.82) is 0 Å². The highest BCUT2D eigenvalue weighted by atomic mass is 127. The molecule has 2 aromatic rings. The first-order valence-electron chi connectivity index (χ1n) is 9.39. The summed E-state index contributed by atoms with van der Waals surface area (Å²) in [6.07, 6.45) is 1.78. The second-order valence-electron chi connectivity index (χ2n) is 6.75. The Morgan fingerprint density at radius 2 is 2.21 bits per heavy atom. The fourth-order valence-electron chi connectivity index (χ4n) is 3.10. The van der Waals surface area contributed by atoms with Crippen LogP contribution in [0.2, 0.25) is 5.02 Å². The lowest BCUT2D eigenvalue weighted by atomic mass is 10.1. The summed E-state index contributed by atoms with van der Waals surface area (Å²) < 4.78 is 13.0. The largest absolute Gasteiger partial charge is 0.487 e. The molecule has 2 unspecified atom stereocenters. The quantitative estimate of drug-likeness (QED) is 0.323. The summed E-state index contributed by atoms with van der Waals surface area (Å²) in [5, 5.41) is 11.9. The van der Waals surface area contributed by atoms with Crippen LogP contribution in [0.1, 0.15) is 25.0 Å². The van der Waals surface area contributed by atoms with Crippen molar-refractivity contribution in [2.24, 2.45) is 4.99 Å². The van der Waals surface area contributed by atoms with E-state index in [1.807, 2.05) is 35.9 Å². The van der Waals surface area contributed by atoms with Crippen molar-refractivity contribution in [3.8, 4) is 5.75 Å². The number of hydrogen-bond donors (Lipinski definition) is 2. The van der Waals surface area contributed by atoms with Crippen LogP contribution in [0.4, 0.5) is 0 Å². The van der Waals surface area contributed by atoms with Crippen LogP contribution in [0, 0.1) is 0 Å². The van der Waals surface area contributed by atoms with Gasteiger partial charge in [-0.2, -0.15) is 5.10 Å². The molecule has 160 valence electrons. The predicted octanol–water partition coefficient (Wildman–Crippen LogP) is 2.64. The fourth-order valence-corrected chi connectivity index (χ4v) is 3.28. The van der Waals surface area contributed by atoms with Crippen LogP contribution < -0.4 is 15.4 Å². The Balaban J connectivity index is 0.00000300. The second-order valence-corrected chi connectivity index (χ2v) is 7.16. The van der Waals surface area contributed by atoms with Gasteiger partial charge in [-0.3, -0.25) is 4.99 Å². The number of nitrogens with one attached hydrogen (secondary N) is 2. The van der Waals surface area contributed by atoms with Crippen molar-refractivity contribution < 1.29 is 9.47 Å². The molecule has 29 heavy (non-hydrogen) atoms. The topological polar surface area (TPSA) is 85.6 Å². The van der Waals surface area contributed by atoms with Crippen LogP contribution in [0.25, 0.3) is 0 Å². The third kappa shape index (κ3) is 6.71. The molecule has 1 aromatic heterocycles. The number of nitrogens with zero attached hydrogens (tertiary/aromatic N) is 4. The van der Waals surface area contributed by atoms with Gasteiger partial charge in [-0.25, -0.2) is 9.67 Å². The molecule has 0 spiro atoms. The highest BCUT2D eigenvalue weighted by Crippen LogP contribution is 2.24. The molecule has 2 heterocycles. The van der Waals surface area contributed by atoms with Crippen molar-refractivity contribution in [1.82, 2.24) is 25.4 Å². The summed E-state index contributed by atoms with van der Waals surface area (Å²) in [7, 11) is 3.41. The van der Waals surface area contributed by atoms with E-state index in [0.717, 1.165) is 37.0 Å². The van der Waals surface area contributed by atoms with Gasteiger partial charge in [0.2, 0.25) is 0 Å². The van der Waals surface area contributed by atoms with Crippen LogP contribution in [0.3, 0.4) is 0 Å². The number of guanidine groups is 1. The SMILES string of the molecule is CN=C(NCC(C)Oc1ccccc1Cl)NC1CCc2nc(COC)nn2C1.I. The van der Waals surface area contributed by atoms with E-state index < -0.39 is 0 Å². The van der Waals surface area contributed by atoms with Crippen molar-refractivity contribution in [2.45, 2.75) is 45.1 Å². The molecule has 3 rings (SSSR count). The minimum atomic E-state index is -0.0664. The molecule has 0 amide bonds. The van der Waals surface area contributed by atoms with Crippen LogP contribution in [0.5, 0.6) is 5.75 Å². The molecule has 8 nitrogen and oxygen atoms in total. The van der Waals surface area contributed by atoms with Gasteiger partial charge >= 0.3 is 0 Å². The Bertz CT molecular complexity index is 816. The number of aliphatic imine (C=N–C) groups is 1. The Morgan fingerprint density at radius 3 is 2.93 bits per heavy atom. The highest BCUT2D eigenvalue weighted by Gasteiger charge is 2.22. The lowest BCUT2D eigenvalue weighted by Gasteiger charge is -2.26. The highest BCUT2D eigenvalue weighted by molar-refractivity contribution is 14.0. The molecule has 2 atom stereocenters. The molecule has 1 aliphatic rings.